The molecule has 0 aliphatic heterocycles. The van der Waals surface area contributed by atoms with E-state index in [1.165, 1.54) is 139 Å². The summed E-state index contributed by atoms with van der Waals surface area (Å²) in [5.41, 5.74) is 6.41. The van der Waals surface area contributed by atoms with Crippen LogP contribution in [0.15, 0.2) is 112 Å². The second kappa shape index (κ2) is 29.3. The van der Waals surface area contributed by atoms with E-state index in [9.17, 15) is 21.6 Å². The fourth-order valence-electron chi connectivity index (χ4n) is 7.79. The van der Waals surface area contributed by atoms with Crippen molar-refractivity contribution in [3.63, 3.8) is 0 Å². The van der Waals surface area contributed by atoms with Crippen molar-refractivity contribution in [2.45, 2.75) is 151 Å². The van der Waals surface area contributed by atoms with Crippen LogP contribution in [-0.2, 0) is 54.2 Å². The average molecular weight is 955 g/mol. The molecule has 336 valence electrons. The van der Waals surface area contributed by atoms with Crippen LogP contribution in [0, 0.1) is 13.8 Å². The van der Waals surface area contributed by atoms with Crippen molar-refractivity contribution in [2.24, 2.45) is 10.9 Å². The summed E-state index contributed by atoms with van der Waals surface area (Å²) in [6.07, 6.45) is 27.8. The van der Waals surface area contributed by atoms with E-state index in [0.717, 1.165) is 28.5 Å². The van der Waals surface area contributed by atoms with Gasteiger partial charge in [0.05, 0.1) is 16.0 Å². The maximum Gasteiger partial charge on any atom is 0.276 e. The summed E-state index contributed by atoms with van der Waals surface area (Å²) in [5.74, 6) is 6.17. The second-order valence-electron chi connectivity index (χ2n) is 16.1. The van der Waals surface area contributed by atoms with Crippen LogP contribution in [0.1, 0.15) is 166 Å². The smallest absolute Gasteiger partial charge is 0.276 e. The van der Waals surface area contributed by atoms with Crippen LogP contribution in [0.3, 0.4) is 0 Å². The third-order valence-corrected chi connectivity index (χ3v) is 13.8. The Bertz CT molecular complexity index is 2050. The van der Waals surface area contributed by atoms with Crippen LogP contribution in [0.5, 0.6) is 0 Å². The Morgan fingerprint density at radius 2 is 0.885 bits per heavy atom. The van der Waals surface area contributed by atoms with E-state index >= 15 is 0 Å². The number of hydrogen-bond acceptors (Lipinski definition) is 7. The first-order chi connectivity index (χ1) is 28.5. The van der Waals surface area contributed by atoms with Gasteiger partial charge in [-0.25, -0.2) is 13.2 Å². The number of nitrogens with two attached hydrogens (primary N) is 1. The number of aldehydes is 1. The first-order valence-corrected chi connectivity index (χ1v) is 24.5. The van der Waals surface area contributed by atoms with Gasteiger partial charge in [0.1, 0.15) is 6.29 Å². The molecule has 4 aromatic rings. The van der Waals surface area contributed by atoms with Gasteiger partial charge in [-0.2, -0.15) is 18.4 Å². The number of rotatable bonds is 9. The Morgan fingerprint density at radius 1 is 0.525 bits per heavy atom. The number of sulfonamides is 2. The van der Waals surface area contributed by atoms with Crippen molar-refractivity contribution >= 4 is 32.5 Å². The Labute approximate surface area is 388 Å². The van der Waals surface area contributed by atoms with Crippen LogP contribution < -0.4 is 15.5 Å². The number of aryl methyl sites for hydroxylation is 2. The average Bonchev–Trinajstić information content (AvgIpc) is 4.11. The van der Waals surface area contributed by atoms with E-state index in [1.807, 2.05) is 44.2 Å². The zero-order chi connectivity index (χ0) is 42.4. The minimum Gasteiger partial charge on any atom is -0.298 e. The van der Waals surface area contributed by atoms with Crippen LogP contribution in [0.2, 0.25) is 0 Å². The number of benzene rings is 4. The predicted octanol–water partition coefficient (Wildman–Crippen LogP) is 11.2. The molecule has 4 aliphatic rings. The molecule has 0 unspecified atom stereocenters. The predicted molar refractivity (Wildman–Crippen MR) is 242 cm³/mol. The number of hydrogen-bond donors (Lipinski definition) is 3. The number of carbonyl (C=O) groups is 1. The summed E-state index contributed by atoms with van der Waals surface area (Å²) < 4.78 is 46.5. The molecule has 4 aliphatic carbocycles. The molecule has 13 heteroatoms. The van der Waals surface area contributed by atoms with Gasteiger partial charge in [-0.1, -0.05) is 162 Å². The Balaban J connectivity index is 0.000000293. The maximum atomic E-state index is 12.2. The minimum atomic E-state index is -3.62. The molecule has 0 aromatic heterocycles. The van der Waals surface area contributed by atoms with E-state index in [-0.39, 0.29) is 43.9 Å². The monoisotopic (exact) mass is 954 g/mol. The van der Waals surface area contributed by atoms with Gasteiger partial charge in [-0.05, 0) is 104 Å². The maximum absolute atomic E-state index is 12.2. The quantitative estimate of drug-likeness (QED) is 0.0500. The molecule has 0 atom stereocenters. The first-order valence-electron chi connectivity index (χ1n) is 21.6. The first kappa shape index (κ1) is 54.0. The molecule has 61 heavy (non-hydrogen) atoms. The van der Waals surface area contributed by atoms with Gasteiger partial charge in [0.25, 0.3) is 20.0 Å². The number of nitrogens with one attached hydrogen (secondary N) is 2. The largest absolute Gasteiger partial charge is 0.298 e. The normalized spacial score (nSPS) is 16.2. The minimum absolute atomic E-state index is 0. The van der Waals surface area contributed by atoms with Gasteiger partial charge in [-0.15, -0.1) is 0 Å². The summed E-state index contributed by atoms with van der Waals surface area (Å²) in [5, 5.41) is 3.92. The summed E-state index contributed by atoms with van der Waals surface area (Å²) in [6.45, 7) is 3.80. The molecule has 0 amide bonds. The van der Waals surface area contributed by atoms with Gasteiger partial charge in [0, 0.05) is 39.7 Å². The van der Waals surface area contributed by atoms with Crippen molar-refractivity contribution < 1.29 is 55.8 Å². The molecule has 0 spiro atoms. The zero-order valence-corrected chi connectivity index (χ0v) is 39.7. The van der Waals surface area contributed by atoms with Crippen LogP contribution in [-0.4, -0.2) is 29.3 Å². The number of hydrazine groups is 1. The second-order valence-corrected chi connectivity index (χ2v) is 19.4. The third kappa shape index (κ3) is 19.9. The standard InChI is InChI=1S/C19H22N2O2S.C12H14O.C7H10N2O2S.2C5H10.2Fe/c1-15-9-11-19(12-10-15)24(22,23)21-20-14-16-5-4-8-18(13-16)17-6-2-3-7-17;13-9-10-4-3-7-12(8-10)11-5-1-2-6-11;1-6-2-4-7(5-3-6)12(10,11)9-8;2*1-2-4-5-3-1;;/h4-5,8-14,17,21H,2-3,6-7H2,1H3;3-4,7-9,11H,1-2,5-6H2;2-5,9H,8H2,1H3;2*1-5H2;;/b20-14-;;;;;;. The van der Waals surface area contributed by atoms with Gasteiger partial charge in [0.2, 0.25) is 0 Å². The molecule has 8 rings (SSSR count). The van der Waals surface area contributed by atoms with Crippen molar-refractivity contribution in [2.75, 3.05) is 0 Å². The number of hydrazone groups is 1. The molecule has 4 N–H and O–H groups in total. The molecule has 4 saturated carbocycles. The molecule has 0 bridgehead atoms. The fraction of sp³-hybridized carbons (Fsp3) is 0.458. The van der Waals surface area contributed by atoms with Crippen LogP contribution in [0.4, 0.5) is 0 Å². The van der Waals surface area contributed by atoms with Crippen molar-refractivity contribution in [1.82, 2.24) is 9.66 Å². The molecular formula is C48H66Fe2N4O5S2. The van der Waals surface area contributed by atoms with E-state index < -0.39 is 20.0 Å². The Hall–Kier alpha value is -3.12. The molecule has 4 aromatic carbocycles. The van der Waals surface area contributed by atoms with Gasteiger partial charge in [-0.3, -0.25) is 10.6 Å². The molecule has 0 heterocycles. The summed E-state index contributed by atoms with van der Waals surface area (Å²) in [7, 11) is -7.11. The molecule has 4 fully saturated rings. The molecular weight excluding hydrogens is 888 g/mol. The van der Waals surface area contributed by atoms with E-state index in [0.29, 0.717) is 11.8 Å². The van der Waals surface area contributed by atoms with E-state index in [1.54, 1.807) is 47.4 Å². The topological polar surface area (TPSA) is 148 Å². The summed E-state index contributed by atoms with van der Waals surface area (Å²) >= 11 is 0. The third-order valence-electron chi connectivity index (χ3n) is 11.3. The summed E-state index contributed by atoms with van der Waals surface area (Å²) in [4.78, 5) is 15.0. The van der Waals surface area contributed by atoms with E-state index in [2.05, 4.69) is 28.1 Å². The van der Waals surface area contributed by atoms with Crippen molar-refractivity contribution in [1.29, 1.82) is 0 Å². The molecule has 0 saturated heterocycles. The molecule has 0 radical (unpaired) electrons. The number of nitrogens with zero attached hydrogens (tertiary/aromatic N) is 1. The van der Waals surface area contributed by atoms with Crippen LogP contribution >= 0.6 is 0 Å². The molecule has 9 nitrogen and oxygen atoms in total. The zero-order valence-electron chi connectivity index (χ0n) is 35.9. The van der Waals surface area contributed by atoms with Gasteiger partial charge >= 0.3 is 0 Å². The van der Waals surface area contributed by atoms with Gasteiger partial charge < -0.3 is 0 Å². The van der Waals surface area contributed by atoms with Crippen molar-refractivity contribution in [3.05, 3.63) is 130 Å². The van der Waals surface area contributed by atoms with Crippen molar-refractivity contribution in [3.8, 4) is 0 Å². The van der Waals surface area contributed by atoms with Gasteiger partial charge in [0.15, 0.2) is 0 Å². The Morgan fingerprint density at radius 3 is 1.26 bits per heavy atom. The summed E-state index contributed by atoms with van der Waals surface area (Å²) in [6, 6.07) is 29.3. The fourth-order valence-corrected chi connectivity index (χ4v) is 9.21. The Kier molecular flexibility index (Phi) is 25.9. The number of carbonyl (C=O) groups excluding carboxylic acids is 1. The van der Waals surface area contributed by atoms with Crippen LogP contribution in [0.25, 0.3) is 0 Å². The SMILES string of the molecule is C1CCCC1.C1CCCC1.Cc1ccc(S(=O)(=O)N/N=C\c2cccc(C3CCCC3)c2)cc1.Cc1ccc(S(=O)(=O)NN)cc1.O=Cc1cccc(C2CCCC2)c1.[Fe].[Fe]. The van der Waals surface area contributed by atoms with E-state index in [4.69, 9.17) is 5.84 Å².